The second kappa shape index (κ2) is 7.68. The molecule has 1 amide bonds. The highest BCUT2D eigenvalue weighted by Crippen LogP contribution is 2.17. The number of hydrogen-bond donors (Lipinski definition) is 0. The zero-order valence-electron chi connectivity index (χ0n) is 11.7. The summed E-state index contributed by atoms with van der Waals surface area (Å²) in [6.07, 6.45) is 5.77. The maximum atomic E-state index is 12.4. The van der Waals surface area contributed by atoms with Crippen molar-refractivity contribution in [3.05, 3.63) is 29.8 Å². The van der Waals surface area contributed by atoms with E-state index >= 15 is 0 Å². The lowest BCUT2D eigenvalue weighted by molar-refractivity contribution is -0.108. The standard InChI is InChI=1S/C16H21NO3/c18-11-6-12-20-15-8-5-7-14(13-15)16(19)17-9-3-1-2-4-10-17/h5,7-8,11,13H,1-4,6,9-10,12H2. The van der Waals surface area contributed by atoms with Crippen LogP contribution in [0.2, 0.25) is 0 Å². The van der Waals surface area contributed by atoms with Gasteiger partial charge in [-0.3, -0.25) is 4.79 Å². The Hall–Kier alpha value is -1.84. The number of carbonyl (C=O) groups excluding carboxylic acids is 2. The van der Waals surface area contributed by atoms with Crippen LogP contribution in [-0.4, -0.2) is 36.8 Å². The molecular formula is C16H21NO3. The summed E-state index contributed by atoms with van der Waals surface area (Å²) in [5.74, 6) is 0.722. The number of benzene rings is 1. The van der Waals surface area contributed by atoms with Crippen LogP contribution in [-0.2, 0) is 4.79 Å². The van der Waals surface area contributed by atoms with Crippen molar-refractivity contribution < 1.29 is 14.3 Å². The average Bonchev–Trinajstić information content (AvgIpc) is 2.76. The van der Waals surface area contributed by atoms with Gasteiger partial charge in [-0.15, -0.1) is 0 Å². The van der Waals surface area contributed by atoms with Gasteiger partial charge < -0.3 is 14.4 Å². The quantitative estimate of drug-likeness (QED) is 0.613. The highest BCUT2D eigenvalue weighted by Gasteiger charge is 2.17. The van der Waals surface area contributed by atoms with Gasteiger partial charge in [0, 0.05) is 25.1 Å². The topological polar surface area (TPSA) is 46.6 Å². The first-order valence-corrected chi connectivity index (χ1v) is 7.27. The number of aldehydes is 1. The predicted octanol–water partition coefficient (Wildman–Crippen LogP) is 2.67. The SMILES string of the molecule is O=CCCOc1cccc(C(=O)N2CCCCCC2)c1. The molecule has 0 aromatic heterocycles. The number of amides is 1. The van der Waals surface area contributed by atoms with Gasteiger partial charge in [-0.05, 0) is 31.0 Å². The molecule has 0 atom stereocenters. The Kier molecular flexibility index (Phi) is 5.59. The molecule has 1 aliphatic heterocycles. The Bertz CT molecular complexity index is 451. The molecule has 0 spiro atoms. The van der Waals surface area contributed by atoms with E-state index in [0.717, 1.165) is 32.2 Å². The summed E-state index contributed by atoms with van der Waals surface area (Å²) < 4.78 is 5.45. The lowest BCUT2D eigenvalue weighted by Crippen LogP contribution is -2.31. The van der Waals surface area contributed by atoms with Gasteiger partial charge in [-0.2, -0.15) is 0 Å². The molecule has 0 N–H and O–H groups in total. The maximum absolute atomic E-state index is 12.4. The summed E-state index contributed by atoms with van der Waals surface area (Å²) >= 11 is 0. The van der Waals surface area contributed by atoms with Crippen LogP contribution in [0.4, 0.5) is 0 Å². The van der Waals surface area contributed by atoms with Crippen LogP contribution in [0, 0.1) is 0 Å². The van der Waals surface area contributed by atoms with E-state index in [1.54, 1.807) is 6.07 Å². The Balaban J connectivity index is 2.01. The molecule has 108 valence electrons. The number of carbonyl (C=O) groups is 2. The summed E-state index contributed by atoms with van der Waals surface area (Å²) in [5, 5.41) is 0. The van der Waals surface area contributed by atoms with Crippen molar-refractivity contribution in [1.29, 1.82) is 0 Å². The van der Waals surface area contributed by atoms with Crippen molar-refractivity contribution in [3.8, 4) is 5.75 Å². The fraction of sp³-hybridized carbons (Fsp3) is 0.500. The minimum absolute atomic E-state index is 0.0766. The lowest BCUT2D eigenvalue weighted by atomic mass is 10.2. The molecule has 1 aromatic rings. The molecule has 1 aromatic carbocycles. The molecule has 0 aliphatic carbocycles. The van der Waals surface area contributed by atoms with Crippen LogP contribution in [0.25, 0.3) is 0 Å². The Morgan fingerprint density at radius 2 is 1.95 bits per heavy atom. The Morgan fingerprint density at radius 1 is 1.20 bits per heavy atom. The Labute approximate surface area is 119 Å². The first-order valence-electron chi connectivity index (χ1n) is 7.27. The number of ether oxygens (including phenoxy) is 1. The van der Waals surface area contributed by atoms with E-state index in [1.807, 2.05) is 23.1 Å². The summed E-state index contributed by atoms with van der Waals surface area (Å²) in [4.78, 5) is 24.6. The van der Waals surface area contributed by atoms with Gasteiger partial charge in [0.1, 0.15) is 12.0 Å². The molecule has 1 aliphatic rings. The van der Waals surface area contributed by atoms with Crippen molar-refractivity contribution in [1.82, 2.24) is 4.90 Å². The molecule has 0 unspecified atom stereocenters. The zero-order valence-corrected chi connectivity index (χ0v) is 11.7. The van der Waals surface area contributed by atoms with Gasteiger partial charge in [-0.25, -0.2) is 0 Å². The third kappa shape index (κ3) is 4.08. The fourth-order valence-electron chi connectivity index (χ4n) is 2.40. The Morgan fingerprint density at radius 3 is 2.65 bits per heavy atom. The maximum Gasteiger partial charge on any atom is 0.253 e. The normalized spacial score (nSPS) is 15.5. The van der Waals surface area contributed by atoms with Gasteiger partial charge in [0.2, 0.25) is 0 Å². The van der Waals surface area contributed by atoms with Crippen molar-refractivity contribution in [2.24, 2.45) is 0 Å². The molecule has 2 rings (SSSR count). The molecule has 0 radical (unpaired) electrons. The van der Waals surface area contributed by atoms with E-state index in [0.29, 0.717) is 24.3 Å². The van der Waals surface area contributed by atoms with Crippen LogP contribution in [0.5, 0.6) is 5.75 Å². The molecule has 4 heteroatoms. The third-order valence-electron chi connectivity index (χ3n) is 3.48. The van der Waals surface area contributed by atoms with E-state index in [-0.39, 0.29) is 5.91 Å². The predicted molar refractivity (Wildman–Crippen MR) is 77.0 cm³/mol. The largest absolute Gasteiger partial charge is 0.493 e. The van der Waals surface area contributed by atoms with Gasteiger partial charge in [-0.1, -0.05) is 18.9 Å². The monoisotopic (exact) mass is 275 g/mol. The van der Waals surface area contributed by atoms with Crippen molar-refractivity contribution >= 4 is 12.2 Å². The number of rotatable bonds is 5. The van der Waals surface area contributed by atoms with Gasteiger partial charge in [0.25, 0.3) is 5.91 Å². The summed E-state index contributed by atoms with van der Waals surface area (Å²) in [6, 6.07) is 7.21. The third-order valence-corrected chi connectivity index (χ3v) is 3.48. The number of hydrogen-bond acceptors (Lipinski definition) is 3. The highest BCUT2D eigenvalue weighted by molar-refractivity contribution is 5.94. The van der Waals surface area contributed by atoms with E-state index in [2.05, 4.69) is 0 Å². The second-order valence-corrected chi connectivity index (χ2v) is 5.04. The number of likely N-dealkylation sites (tertiary alicyclic amines) is 1. The smallest absolute Gasteiger partial charge is 0.253 e. The fourth-order valence-corrected chi connectivity index (χ4v) is 2.40. The zero-order chi connectivity index (χ0) is 14.2. The van der Waals surface area contributed by atoms with Crippen molar-refractivity contribution in [2.75, 3.05) is 19.7 Å². The van der Waals surface area contributed by atoms with Crippen LogP contribution < -0.4 is 4.74 Å². The lowest BCUT2D eigenvalue weighted by Gasteiger charge is -2.20. The minimum atomic E-state index is 0.0766. The van der Waals surface area contributed by atoms with Crippen LogP contribution in [0.15, 0.2) is 24.3 Å². The highest BCUT2D eigenvalue weighted by atomic mass is 16.5. The summed E-state index contributed by atoms with van der Waals surface area (Å²) in [5.41, 5.74) is 0.663. The first kappa shape index (κ1) is 14.6. The van der Waals surface area contributed by atoms with Crippen molar-refractivity contribution in [2.45, 2.75) is 32.1 Å². The molecule has 1 heterocycles. The molecule has 1 saturated heterocycles. The molecule has 0 bridgehead atoms. The van der Waals surface area contributed by atoms with Crippen LogP contribution in [0.3, 0.4) is 0 Å². The van der Waals surface area contributed by atoms with E-state index in [4.69, 9.17) is 4.74 Å². The van der Waals surface area contributed by atoms with Crippen molar-refractivity contribution in [3.63, 3.8) is 0 Å². The summed E-state index contributed by atoms with van der Waals surface area (Å²) in [7, 11) is 0. The molecule has 1 fully saturated rings. The van der Waals surface area contributed by atoms with Crippen LogP contribution >= 0.6 is 0 Å². The number of nitrogens with zero attached hydrogens (tertiary/aromatic N) is 1. The average molecular weight is 275 g/mol. The molecule has 20 heavy (non-hydrogen) atoms. The van der Waals surface area contributed by atoms with E-state index in [9.17, 15) is 9.59 Å². The molecule has 0 saturated carbocycles. The van der Waals surface area contributed by atoms with E-state index in [1.165, 1.54) is 12.8 Å². The van der Waals surface area contributed by atoms with Gasteiger partial charge in [0.15, 0.2) is 0 Å². The van der Waals surface area contributed by atoms with E-state index < -0.39 is 0 Å². The van der Waals surface area contributed by atoms with Gasteiger partial charge >= 0.3 is 0 Å². The van der Waals surface area contributed by atoms with Gasteiger partial charge in [0.05, 0.1) is 6.61 Å². The summed E-state index contributed by atoms with van der Waals surface area (Å²) in [6.45, 7) is 2.04. The second-order valence-electron chi connectivity index (χ2n) is 5.04. The molecular weight excluding hydrogens is 254 g/mol. The van der Waals surface area contributed by atoms with Crippen LogP contribution in [0.1, 0.15) is 42.5 Å². The first-order chi connectivity index (χ1) is 9.81. The minimum Gasteiger partial charge on any atom is -0.493 e. The molecule has 4 nitrogen and oxygen atoms in total.